The van der Waals surface area contributed by atoms with Crippen LogP contribution in [0.25, 0.3) is 6.08 Å². The van der Waals surface area contributed by atoms with Crippen LogP contribution < -0.4 is 19.7 Å². The molecule has 1 saturated heterocycles. The van der Waals surface area contributed by atoms with Crippen LogP contribution in [0.1, 0.15) is 12.5 Å². The first-order valence-corrected chi connectivity index (χ1v) is 9.31. The number of thiocarbonyl (C=S) groups is 1. The maximum atomic E-state index is 13.2. The summed E-state index contributed by atoms with van der Waals surface area (Å²) in [6, 6.07) is 8.33. The molecule has 6 nitrogen and oxygen atoms in total. The molecule has 9 heteroatoms. The summed E-state index contributed by atoms with van der Waals surface area (Å²) in [6.07, 6.45) is 1.38. The Hall–Kier alpha value is -2.97. The number of halogens is 2. The first kappa shape index (κ1) is 20.8. The van der Waals surface area contributed by atoms with Crippen LogP contribution in [-0.2, 0) is 9.59 Å². The average molecular weight is 435 g/mol. The summed E-state index contributed by atoms with van der Waals surface area (Å²) in [5.41, 5.74) is 0.625. The molecule has 1 fully saturated rings. The van der Waals surface area contributed by atoms with E-state index in [-0.39, 0.29) is 15.7 Å². The molecule has 0 spiro atoms. The van der Waals surface area contributed by atoms with E-state index < -0.39 is 17.6 Å². The number of methoxy groups -OCH3 is 1. The van der Waals surface area contributed by atoms with Crippen molar-refractivity contribution >= 4 is 52.5 Å². The summed E-state index contributed by atoms with van der Waals surface area (Å²) in [4.78, 5) is 26.5. The van der Waals surface area contributed by atoms with E-state index in [1.165, 1.54) is 37.5 Å². The maximum absolute atomic E-state index is 13.2. The van der Waals surface area contributed by atoms with Crippen LogP contribution in [-0.4, -0.2) is 30.6 Å². The molecule has 0 aromatic heterocycles. The summed E-state index contributed by atoms with van der Waals surface area (Å²) in [5.74, 6) is -1.02. The van der Waals surface area contributed by atoms with Gasteiger partial charge in [0.15, 0.2) is 16.6 Å². The van der Waals surface area contributed by atoms with Gasteiger partial charge in [-0.2, -0.15) is 0 Å². The molecular formula is C20H16ClFN2O4S. The normalized spacial score (nSPS) is 15.5. The Kier molecular flexibility index (Phi) is 6.14. The van der Waals surface area contributed by atoms with Gasteiger partial charge in [-0.3, -0.25) is 19.8 Å². The molecule has 150 valence electrons. The van der Waals surface area contributed by atoms with Crippen molar-refractivity contribution in [2.24, 2.45) is 0 Å². The number of nitrogens with zero attached hydrogens (tertiary/aromatic N) is 1. The Balaban J connectivity index is 2.02. The van der Waals surface area contributed by atoms with Crippen molar-refractivity contribution in [3.05, 3.63) is 58.4 Å². The molecule has 0 saturated carbocycles. The van der Waals surface area contributed by atoms with Gasteiger partial charge in [0.25, 0.3) is 11.8 Å². The van der Waals surface area contributed by atoms with Crippen LogP contribution >= 0.6 is 23.8 Å². The lowest BCUT2D eigenvalue weighted by atomic mass is 10.1. The lowest BCUT2D eigenvalue weighted by Gasteiger charge is -2.28. The third kappa shape index (κ3) is 4.23. The number of amides is 2. The fraction of sp³-hybridized carbons (Fsp3) is 0.150. The van der Waals surface area contributed by atoms with Gasteiger partial charge in [-0.15, -0.1) is 0 Å². The number of hydrogen-bond donors (Lipinski definition) is 1. The average Bonchev–Trinajstić information content (AvgIpc) is 2.68. The quantitative estimate of drug-likeness (QED) is 0.441. The number of carbonyl (C=O) groups is 2. The molecule has 2 aromatic carbocycles. The highest BCUT2D eigenvalue weighted by atomic mass is 35.5. The van der Waals surface area contributed by atoms with Crippen molar-refractivity contribution in [3.63, 3.8) is 0 Å². The highest BCUT2D eigenvalue weighted by Crippen LogP contribution is 2.37. The Labute approximate surface area is 176 Å². The summed E-state index contributed by atoms with van der Waals surface area (Å²) >= 11 is 11.4. The van der Waals surface area contributed by atoms with Crippen molar-refractivity contribution in [3.8, 4) is 11.5 Å². The molecule has 2 aromatic rings. The minimum absolute atomic E-state index is 0.0916. The molecule has 0 radical (unpaired) electrons. The van der Waals surface area contributed by atoms with Gasteiger partial charge in [-0.1, -0.05) is 11.6 Å². The molecule has 1 aliphatic rings. The summed E-state index contributed by atoms with van der Waals surface area (Å²) in [6.45, 7) is 2.20. The number of nitrogens with one attached hydrogen (secondary N) is 1. The summed E-state index contributed by atoms with van der Waals surface area (Å²) < 4.78 is 24.0. The molecule has 29 heavy (non-hydrogen) atoms. The van der Waals surface area contributed by atoms with Gasteiger partial charge in [0.2, 0.25) is 0 Å². The van der Waals surface area contributed by atoms with Crippen molar-refractivity contribution < 1.29 is 23.5 Å². The number of rotatable bonds is 5. The van der Waals surface area contributed by atoms with Crippen molar-refractivity contribution in [1.82, 2.24) is 5.32 Å². The van der Waals surface area contributed by atoms with Crippen molar-refractivity contribution in [1.29, 1.82) is 0 Å². The smallest absolute Gasteiger partial charge is 0.270 e. The topological polar surface area (TPSA) is 67.9 Å². The van der Waals surface area contributed by atoms with Gasteiger partial charge in [0.1, 0.15) is 11.4 Å². The van der Waals surface area contributed by atoms with Crippen LogP contribution in [0.4, 0.5) is 10.1 Å². The van der Waals surface area contributed by atoms with Gasteiger partial charge < -0.3 is 9.47 Å². The minimum Gasteiger partial charge on any atom is -0.493 e. The van der Waals surface area contributed by atoms with E-state index in [0.29, 0.717) is 29.4 Å². The van der Waals surface area contributed by atoms with Crippen LogP contribution in [0, 0.1) is 5.82 Å². The SMILES string of the molecule is CCOc1c(Cl)cc(/C=C2/C(=O)NC(=S)N(c3ccc(F)cc3)C2=O)cc1OC. The Morgan fingerprint density at radius 1 is 1.24 bits per heavy atom. The Bertz CT molecular complexity index is 1020. The number of anilines is 1. The first-order valence-electron chi connectivity index (χ1n) is 8.53. The summed E-state index contributed by atoms with van der Waals surface area (Å²) in [7, 11) is 1.46. The van der Waals surface area contributed by atoms with E-state index in [1.54, 1.807) is 12.1 Å². The number of carbonyl (C=O) groups excluding carboxylic acids is 2. The van der Waals surface area contributed by atoms with Crippen LogP contribution in [0.2, 0.25) is 5.02 Å². The number of ether oxygens (including phenoxy) is 2. The minimum atomic E-state index is -0.651. The zero-order valence-electron chi connectivity index (χ0n) is 15.5. The molecule has 1 aliphatic heterocycles. The van der Waals surface area contributed by atoms with Crippen molar-refractivity contribution in [2.45, 2.75) is 6.92 Å². The third-order valence-electron chi connectivity index (χ3n) is 4.04. The van der Waals surface area contributed by atoms with E-state index in [4.69, 9.17) is 33.3 Å². The molecule has 3 rings (SSSR count). The van der Waals surface area contributed by atoms with E-state index in [2.05, 4.69) is 5.32 Å². The third-order valence-corrected chi connectivity index (χ3v) is 4.60. The van der Waals surface area contributed by atoms with Gasteiger partial charge >= 0.3 is 0 Å². The van der Waals surface area contributed by atoms with E-state index in [0.717, 1.165) is 4.90 Å². The molecule has 0 bridgehead atoms. The molecule has 1 N–H and O–H groups in total. The lowest BCUT2D eigenvalue weighted by Crippen LogP contribution is -2.54. The van der Waals surface area contributed by atoms with Crippen LogP contribution in [0.15, 0.2) is 42.0 Å². The molecular weight excluding hydrogens is 419 g/mol. The molecule has 0 unspecified atom stereocenters. The standard InChI is InChI=1S/C20H16ClFN2O4S/c1-3-28-17-15(21)9-11(10-16(17)27-2)8-14-18(25)23-20(29)24(19(14)26)13-6-4-12(22)5-7-13/h4-10H,3H2,1-2H3,(H,23,25,29)/b14-8-. The monoisotopic (exact) mass is 434 g/mol. The zero-order chi connectivity index (χ0) is 21.1. The predicted octanol–water partition coefficient (Wildman–Crippen LogP) is 3.72. The molecule has 1 heterocycles. The number of benzene rings is 2. The first-order chi connectivity index (χ1) is 13.8. The van der Waals surface area contributed by atoms with E-state index in [1.807, 2.05) is 6.92 Å². The largest absolute Gasteiger partial charge is 0.493 e. The summed E-state index contributed by atoms with van der Waals surface area (Å²) in [5, 5.41) is 2.64. The van der Waals surface area contributed by atoms with Gasteiger partial charge in [0, 0.05) is 0 Å². The second-order valence-corrected chi connectivity index (χ2v) is 6.70. The highest BCUT2D eigenvalue weighted by Gasteiger charge is 2.34. The van der Waals surface area contributed by atoms with E-state index >= 15 is 0 Å². The maximum Gasteiger partial charge on any atom is 0.270 e. The van der Waals surface area contributed by atoms with Gasteiger partial charge in [-0.05, 0) is 67.2 Å². The second-order valence-electron chi connectivity index (χ2n) is 5.90. The van der Waals surface area contributed by atoms with Crippen LogP contribution in [0.3, 0.4) is 0 Å². The lowest BCUT2D eigenvalue weighted by molar-refractivity contribution is -0.122. The molecule has 2 amide bonds. The Morgan fingerprint density at radius 3 is 2.55 bits per heavy atom. The van der Waals surface area contributed by atoms with Crippen molar-refractivity contribution in [2.75, 3.05) is 18.6 Å². The zero-order valence-corrected chi connectivity index (χ0v) is 17.1. The Morgan fingerprint density at radius 2 is 1.93 bits per heavy atom. The highest BCUT2D eigenvalue weighted by molar-refractivity contribution is 7.80. The fourth-order valence-corrected chi connectivity index (χ4v) is 3.31. The van der Waals surface area contributed by atoms with E-state index in [9.17, 15) is 14.0 Å². The second kappa shape index (κ2) is 8.59. The van der Waals surface area contributed by atoms with Gasteiger partial charge in [-0.25, -0.2) is 4.39 Å². The molecule has 0 aliphatic carbocycles. The fourth-order valence-electron chi connectivity index (χ4n) is 2.76. The predicted molar refractivity (Wildman–Crippen MR) is 112 cm³/mol. The van der Waals surface area contributed by atoms with Crippen LogP contribution in [0.5, 0.6) is 11.5 Å². The number of hydrogen-bond acceptors (Lipinski definition) is 5. The van der Waals surface area contributed by atoms with Gasteiger partial charge in [0.05, 0.1) is 24.4 Å². The molecule has 0 atom stereocenters.